The highest BCUT2D eigenvalue weighted by Crippen LogP contribution is 2.79. The fraction of sp³-hybridized carbons (Fsp3) is 0.408. The van der Waals surface area contributed by atoms with E-state index in [0.717, 1.165) is 67.6 Å². The molecule has 7 aromatic rings. The number of esters is 1. The summed E-state index contributed by atoms with van der Waals surface area (Å²) in [5, 5.41) is 0. The van der Waals surface area contributed by atoms with Gasteiger partial charge in [-0.15, -0.1) is 0 Å². The number of aromatic nitrogens is 2. The van der Waals surface area contributed by atoms with Gasteiger partial charge >= 0.3 is 5.97 Å². The molecule has 4 fully saturated rings. The molecule has 0 radical (unpaired) electrons. The Labute approximate surface area is 482 Å². The maximum Gasteiger partial charge on any atom is 0.306 e. The summed E-state index contributed by atoms with van der Waals surface area (Å²) in [5.74, 6) is 1.40. The molecular weight excluding hydrogens is 989 g/mol. The molecule has 414 valence electrons. The van der Waals surface area contributed by atoms with Gasteiger partial charge < -0.3 is 9.47 Å². The maximum absolute atomic E-state index is 12.0. The lowest BCUT2D eigenvalue weighted by atomic mass is 9.38. The third-order valence-corrected chi connectivity index (χ3v) is 22.1. The SMILES string of the molecule is C=CC(C=C)OC(=O)CCCCCCCCCOc1ccc(-c2ncc(-c3ccc4c(c3)C3(c5cc(-c6ccc7c(c6)C6(c8cc(-c9ccc(C)cc9)ccc8-7)C7(C)CCCC6(C)CCC7)ccc5-4)C4(C)CCC3(C)CC4)cn2)cc1. The van der Waals surface area contributed by atoms with Crippen molar-refractivity contribution >= 4 is 5.97 Å². The van der Waals surface area contributed by atoms with Crippen LogP contribution in [0.4, 0.5) is 0 Å². The lowest BCUT2D eigenvalue weighted by Gasteiger charge is -2.65. The Kier molecular flexibility index (Phi) is 13.6. The number of unbranched alkanes of at least 4 members (excludes halogenated alkanes) is 6. The van der Waals surface area contributed by atoms with Crippen molar-refractivity contribution in [1.29, 1.82) is 0 Å². The summed E-state index contributed by atoms with van der Waals surface area (Å²) in [4.78, 5) is 21.9. The van der Waals surface area contributed by atoms with Gasteiger partial charge in [-0.25, -0.2) is 9.97 Å². The molecule has 81 heavy (non-hydrogen) atoms. The molecule has 0 unspecified atom stereocenters. The number of fused-ring (bicyclic) bond motifs is 6. The standard InChI is InChI=1S/C76H82N2O3/c1-8-59(9-2)81-69(79)19-15-13-11-10-12-14-16-44-80-60-30-24-53(25-31-60)70-77-49-58(50-78-70)57-29-35-64-63-34-28-56(47-67(63)76(68(64)48-57)73(6)40-42-74(76,7)43-41-73)55-27-33-62-61-32-26-54(52-22-20-51(3)21-23-52)45-65(61)75(66(62)46-55)71(4)36-17-38-72(75,5)39-18-37-71/h8-9,20-35,45-50,59H,1-2,10-19,36-44H2,3-7H3. The molecule has 4 saturated carbocycles. The topological polar surface area (TPSA) is 61.3 Å². The number of hydrogen-bond donors (Lipinski definition) is 0. The van der Waals surface area contributed by atoms with Crippen molar-refractivity contribution in [1.82, 2.24) is 9.97 Å². The smallest absolute Gasteiger partial charge is 0.306 e. The minimum absolute atomic E-state index is 0.0525. The van der Waals surface area contributed by atoms with Crippen LogP contribution in [0.5, 0.6) is 5.75 Å². The van der Waals surface area contributed by atoms with E-state index in [-0.39, 0.29) is 38.5 Å². The first-order valence-corrected chi connectivity index (χ1v) is 30.9. The molecule has 6 aromatic carbocycles. The summed E-state index contributed by atoms with van der Waals surface area (Å²) in [5.41, 5.74) is 22.4. The van der Waals surface area contributed by atoms with Crippen molar-refractivity contribution in [2.45, 2.75) is 167 Å². The van der Waals surface area contributed by atoms with E-state index in [9.17, 15) is 4.79 Å². The van der Waals surface area contributed by atoms with Crippen LogP contribution in [0.2, 0.25) is 0 Å². The van der Waals surface area contributed by atoms with Crippen LogP contribution < -0.4 is 4.74 Å². The van der Waals surface area contributed by atoms with Gasteiger partial charge in [-0.3, -0.25) is 4.79 Å². The van der Waals surface area contributed by atoms with Crippen molar-refractivity contribution in [3.8, 4) is 72.8 Å². The molecule has 0 atom stereocenters. The Morgan fingerprint density at radius 3 is 1.32 bits per heavy atom. The Balaban J connectivity index is 0.740. The largest absolute Gasteiger partial charge is 0.494 e. The number of rotatable bonds is 18. The van der Waals surface area contributed by atoms with Gasteiger partial charge in [-0.1, -0.05) is 164 Å². The summed E-state index contributed by atoms with van der Waals surface area (Å²) in [6.07, 6.45) is 27.5. The van der Waals surface area contributed by atoms with Crippen LogP contribution in [0, 0.1) is 28.6 Å². The molecule has 0 N–H and O–H groups in total. The second kappa shape index (κ2) is 20.5. The zero-order valence-electron chi connectivity index (χ0n) is 48.9. The van der Waals surface area contributed by atoms with Crippen molar-refractivity contribution in [2.24, 2.45) is 21.7 Å². The van der Waals surface area contributed by atoms with Gasteiger partial charge in [0.05, 0.1) is 6.61 Å². The zero-order chi connectivity index (χ0) is 55.8. The van der Waals surface area contributed by atoms with Gasteiger partial charge in [0.15, 0.2) is 5.82 Å². The van der Waals surface area contributed by atoms with Crippen molar-refractivity contribution in [2.75, 3.05) is 6.61 Å². The highest BCUT2D eigenvalue weighted by Gasteiger charge is 2.72. The fourth-order valence-corrected chi connectivity index (χ4v) is 18.2. The normalized spacial score (nSPS) is 26.1. The van der Waals surface area contributed by atoms with E-state index in [4.69, 9.17) is 19.4 Å². The predicted octanol–water partition coefficient (Wildman–Crippen LogP) is 19.8. The summed E-state index contributed by atoms with van der Waals surface area (Å²) >= 11 is 0. The van der Waals surface area contributed by atoms with E-state index in [0.29, 0.717) is 13.0 Å². The lowest BCUT2D eigenvalue weighted by Crippen LogP contribution is -2.59. The van der Waals surface area contributed by atoms with E-state index in [1.807, 2.05) is 24.5 Å². The third kappa shape index (κ3) is 8.39. The number of carbonyl (C=O) groups is 1. The van der Waals surface area contributed by atoms with Gasteiger partial charge in [0.1, 0.15) is 11.9 Å². The Morgan fingerprint density at radius 2 is 0.864 bits per heavy atom. The molecule has 1 heterocycles. The summed E-state index contributed by atoms with van der Waals surface area (Å²) in [6.45, 7) is 20.8. The molecule has 5 nitrogen and oxygen atoms in total. The Bertz CT molecular complexity index is 3500. The van der Waals surface area contributed by atoms with Crippen molar-refractivity contribution in [3.05, 3.63) is 187 Å². The van der Waals surface area contributed by atoms with Crippen LogP contribution >= 0.6 is 0 Å². The Hall–Kier alpha value is -6.85. The second-order valence-electron chi connectivity index (χ2n) is 26.7. The van der Waals surface area contributed by atoms with Crippen molar-refractivity contribution < 1.29 is 14.3 Å². The molecular formula is C76H82N2O3. The Morgan fingerprint density at radius 1 is 0.481 bits per heavy atom. The first-order valence-electron chi connectivity index (χ1n) is 30.9. The summed E-state index contributed by atoms with van der Waals surface area (Å²) < 4.78 is 11.4. The average molecular weight is 1070 g/mol. The number of aryl methyl sites for hydroxylation is 1. The summed E-state index contributed by atoms with van der Waals surface area (Å²) in [6, 6.07) is 47.5. The molecule has 5 heteroatoms. The van der Waals surface area contributed by atoms with Gasteiger partial charge in [-0.05, 0) is 226 Å². The van der Waals surface area contributed by atoms with E-state index in [1.165, 1.54) is 125 Å². The van der Waals surface area contributed by atoms with E-state index >= 15 is 0 Å². The lowest BCUT2D eigenvalue weighted by molar-refractivity contribution is -0.145. The fourth-order valence-electron chi connectivity index (χ4n) is 18.2. The highest BCUT2D eigenvalue weighted by atomic mass is 16.5. The van der Waals surface area contributed by atoms with Crippen LogP contribution in [-0.2, 0) is 20.4 Å². The molecule has 0 saturated heterocycles. The zero-order valence-corrected chi connectivity index (χ0v) is 48.9. The van der Waals surface area contributed by atoms with Gasteiger partial charge in [-0.2, -0.15) is 0 Å². The van der Waals surface area contributed by atoms with E-state index in [2.05, 4.69) is 157 Å². The molecule has 4 bridgehead atoms. The molecule has 2 spiro atoms. The molecule has 6 aliphatic carbocycles. The van der Waals surface area contributed by atoms with Crippen LogP contribution in [0.1, 0.15) is 171 Å². The number of ether oxygens (including phenoxy) is 2. The molecule has 6 aliphatic rings. The number of hydrogen-bond acceptors (Lipinski definition) is 5. The predicted molar refractivity (Wildman–Crippen MR) is 332 cm³/mol. The molecule has 13 rings (SSSR count). The number of carbonyl (C=O) groups excluding carboxylic acids is 1. The first kappa shape index (κ1) is 53.5. The van der Waals surface area contributed by atoms with Crippen LogP contribution in [0.25, 0.3) is 67.0 Å². The monoisotopic (exact) mass is 1070 g/mol. The van der Waals surface area contributed by atoms with Gasteiger partial charge in [0.25, 0.3) is 0 Å². The molecule has 0 amide bonds. The number of benzene rings is 6. The third-order valence-electron chi connectivity index (χ3n) is 22.1. The van der Waals surface area contributed by atoms with Crippen molar-refractivity contribution in [3.63, 3.8) is 0 Å². The quantitative estimate of drug-likeness (QED) is 0.0487. The minimum Gasteiger partial charge on any atom is -0.494 e. The van der Waals surface area contributed by atoms with E-state index < -0.39 is 6.10 Å². The first-order chi connectivity index (χ1) is 39.3. The van der Waals surface area contributed by atoms with E-state index in [1.54, 1.807) is 28.8 Å². The molecule has 0 aliphatic heterocycles. The van der Waals surface area contributed by atoms with Gasteiger partial charge in [0, 0.05) is 40.8 Å². The van der Waals surface area contributed by atoms with Crippen LogP contribution in [0.3, 0.4) is 0 Å². The average Bonchev–Trinajstić information content (AvgIpc) is 2.02. The van der Waals surface area contributed by atoms with Crippen LogP contribution in [0.15, 0.2) is 159 Å². The number of nitrogens with zero attached hydrogens (tertiary/aromatic N) is 2. The van der Waals surface area contributed by atoms with Gasteiger partial charge in [0.2, 0.25) is 0 Å². The highest BCUT2D eigenvalue weighted by molar-refractivity contribution is 5.90. The maximum atomic E-state index is 12.0. The minimum atomic E-state index is -0.401. The second-order valence-corrected chi connectivity index (χ2v) is 26.7. The molecule has 1 aromatic heterocycles. The van der Waals surface area contributed by atoms with Crippen LogP contribution in [-0.4, -0.2) is 28.6 Å². The summed E-state index contributed by atoms with van der Waals surface area (Å²) in [7, 11) is 0.